The summed E-state index contributed by atoms with van der Waals surface area (Å²) in [5.41, 5.74) is 11.8. The van der Waals surface area contributed by atoms with E-state index in [9.17, 15) is 9.90 Å². The van der Waals surface area contributed by atoms with E-state index in [-0.39, 0.29) is 31.5 Å². The average Bonchev–Trinajstić information content (AvgIpc) is 2.81. The van der Waals surface area contributed by atoms with Crippen molar-refractivity contribution in [3.8, 4) is 0 Å². The minimum absolute atomic E-state index is 0.0833. The number of benzene rings is 3. The molecule has 0 bridgehead atoms. The van der Waals surface area contributed by atoms with Crippen LogP contribution in [0.3, 0.4) is 0 Å². The summed E-state index contributed by atoms with van der Waals surface area (Å²) in [5.74, 6) is -0.704. The van der Waals surface area contributed by atoms with E-state index in [1.165, 1.54) is 0 Å². The lowest BCUT2D eigenvalue weighted by Gasteiger charge is -2.22. The molecule has 6 heteroatoms. The number of halogens is 1. The van der Waals surface area contributed by atoms with Crippen molar-refractivity contribution in [3.05, 3.63) is 93.5 Å². The van der Waals surface area contributed by atoms with Crippen molar-refractivity contribution in [1.82, 2.24) is 0 Å². The molecular formula is C26H29ClN2O3. The zero-order valence-corrected chi connectivity index (χ0v) is 19.2. The molecule has 32 heavy (non-hydrogen) atoms. The van der Waals surface area contributed by atoms with Crippen LogP contribution in [0.5, 0.6) is 0 Å². The molecule has 0 saturated heterocycles. The Morgan fingerprint density at radius 1 is 1.16 bits per heavy atom. The molecule has 4 N–H and O–H groups in total. The van der Waals surface area contributed by atoms with Gasteiger partial charge in [-0.3, -0.25) is 4.79 Å². The lowest BCUT2D eigenvalue weighted by molar-refractivity contribution is -0.145. The first-order chi connectivity index (χ1) is 15.4. The topological polar surface area (TPSA) is 84.6 Å². The second-order valence-electron chi connectivity index (χ2n) is 7.71. The highest BCUT2D eigenvalue weighted by Gasteiger charge is 2.24. The summed E-state index contributed by atoms with van der Waals surface area (Å²) in [6.45, 7) is 4.76. The van der Waals surface area contributed by atoms with Crippen LogP contribution < -0.4 is 11.1 Å². The van der Waals surface area contributed by atoms with Gasteiger partial charge in [-0.2, -0.15) is 0 Å². The molecule has 1 unspecified atom stereocenters. The van der Waals surface area contributed by atoms with Crippen LogP contribution in [-0.2, 0) is 22.7 Å². The maximum absolute atomic E-state index is 12.8. The molecule has 1 atom stereocenters. The van der Waals surface area contributed by atoms with E-state index in [1.807, 2.05) is 74.5 Å². The van der Waals surface area contributed by atoms with E-state index in [0.717, 1.165) is 33.5 Å². The van der Waals surface area contributed by atoms with Crippen LogP contribution in [0.4, 0.5) is 11.4 Å². The van der Waals surface area contributed by atoms with Gasteiger partial charge in [-0.15, -0.1) is 0 Å². The number of anilines is 2. The Balaban J connectivity index is 1.93. The van der Waals surface area contributed by atoms with Crippen LogP contribution in [0.2, 0.25) is 5.02 Å². The van der Waals surface area contributed by atoms with Gasteiger partial charge in [-0.1, -0.05) is 66.2 Å². The number of aryl methyl sites for hydroxylation is 1. The number of carbonyl (C=O) groups is 1. The third-order valence-electron chi connectivity index (χ3n) is 5.51. The fourth-order valence-electron chi connectivity index (χ4n) is 3.67. The summed E-state index contributed by atoms with van der Waals surface area (Å²) in [6.07, 6.45) is 0.0977. The second-order valence-corrected chi connectivity index (χ2v) is 8.09. The van der Waals surface area contributed by atoms with Crippen molar-refractivity contribution in [2.45, 2.75) is 39.4 Å². The Morgan fingerprint density at radius 3 is 2.59 bits per heavy atom. The number of hydrogen-bond donors (Lipinski definition) is 3. The number of aliphatic hydroxyl groups excluding tert-OH is 1. The number of nitrogens with one attached hydrogen (secondary N) is 1. The molecule has 0 aromatic heterocycles. The SMILES string of the molecule is CCNc1ccc(C(CC(=O)OCc2ccccc2)c2ccc(C)c(CO)c2)c(Cl)c1N. The zero-order chi connectivity index (χ0) is 23.1. The molecule has 168 valence electrons. The lowest BCUT2D eigenvalue weighted by atomic mass is 9.86. The molecule has 0 amide bonds. The Bertz CT molecular complexity index is 1070. The number of aliphatic hydroxyl groups is 1. The largest absolute Gasteiger partial charge is 0.461 e. The zero-order valence-electron chi connectivity index (χ0n) is 18.4. The molecule has 0 aliphatic heterocycles. The molecule has 5 nitrogen and oxygen atoms in total. The molecule has 0 heterocycles. The molecule has 3 rings (SSSR count). The van der Waals surface area contributed by atoms with E-state index in [0.29, 0.717) is 17.3 Å². The molecule has 0 aliphatic rings. The van der Waals surface area contributed by atoms with E-state index in [4.69, 9.17) is 22.1 Å². The molecule has 0 spiro atoms. The van der Waals surface area contributed by atoms with Gasteiger partial charge >= 0.3 is 5.97 Å². The number of hydrogen-bond acceptors (Lipinski definition) is 5. The first-order valence-electron chi connectivity index (χ1n) is 10.7. The van der Waals surface area contributed by atoms with Gasteiger partial charge < -0.3 is 20.9 Å². The normalized spacial score (nSPS) is 11.8. The van der Waals surface area contributed by atoms with Crippen molar-refractivity contribution in [2.24, 2.45) is 0 Å². The number of rotatable bonds is 9. The summed E-state index contributed by atoms with van der Waals surface area (Å²) in [5, 5.41) is 13.3. The highest BCUT2D eigenvalue weighted by molar-refractivity contribution is 6.34. The molecule has 0 aliphatic carbocycles. The third kappa shape index (κ3) is 5.61. The van der Waals surface area contributed by atoms with Crippen LogP contribution in [0.15, 0.2) is 60.7 Å². The molecular weight excluding hydrogens is 424 g/mol. The van der Waals surface area contributed by atoms with Crippen molar-refractivity contribution >= 4 is 28.9 Å². The number of esters is 1. The molecule has 3 aromatic carbocycles. The van der Waals surface area contributed by atoms with Gasteiger partial charge in [0.1, 0.15) is 6.61 Å². The minimum Gasteiger partial charge on any atom is -0.461 e. The molecule has 0 radical (unpaired) electrons. The van der Waals surface area contributed by atoms with Gasteiger partial charge in [-0.25, -0.2) is 0 Å². The van der Waals surface area contributed by atoms with Crippen LogP contribution >= 0.6 is 11.6 Å². The Hall–Kier alpha value is -3.02. The summed E-state index contributed by atoms with van der Waals surface area (Å²) in [6, 6.07) is 19.1. The maximum atomic E-state index is 12.8. The highest BCUT2D eigenvalue weighted by atomic mass is 35.5. The van der Waals surface area contributed by atoms with E-state index < -0.39 is 0 Å². The second kappa shape index (κ2) is 11.0. The van der Waals surface area contributed by atoms with E-state index >= 15 is 0 Å². The summed E-state index contributed by atoms with van der Waals surface area (Å²) >= 11 is 6.67. The van der Waals surface area contributed by atoms with Gasteiger partial charge in [-0.05, 0) is 47.7 Å². The monoisotopic (exact) mass is 452 g/mol. The van der Waals surface area contributed by atoms with Gasteiger partial charge in [0, 0.05) is 12.5 Å². The standard InChI is InChI=1S/C26H29ClN2O3/c1-3-29-23-12-11-21(25(27)26(23)28)22(19-10-9-17(2)20(13-19)15-30)14-24(31)32-16-18-7-5-4-6-8-18/h4-13,22,29-30H,3,14-16,28H2,1-2H3. The fraction of sp³-hybridized carbons (Fsp3) is 0.269. The first-order valence-corrected chi connectivity index (χ1v) is 11.0. The van der Waals surface area contributed by atoms with Crippen molar-refractivity contribution in [3.63, 3.8) is 0 Å². The minimum atomic E-state index is -0.366. The summed E-state index contributed by atoms with van der Waals surface area (Å²) in [7, 11) is 0. The van der Waals surface area contributed by atoms with Gasteiger partial charge in [0.15, 0.2) is 0 Å². The average molecular weight is 453 g/mol. The summed E-state index contributed by atoms with van der Waals surface area (Å²) in [4.78, 5) is 12.8. The van der Waals surface area contributed by atoms with E-state index in [1.54, 1.807) is 0 Å². The number of ether oxygens (including phenoxy) is 1. The lowest BCUT2D eigenvalue weighted by Crippen LogP contribution is -2.14. The quantitative estimate of drug-likeness (QED) is 0.298. The Morgan fingerprint density at radius 2 is 1.91 bits per heavy atom. The van der Waals surface area contributed by atoms with Crippen molar-refractivity contribution < 1.29 is 14.6 Å². The van der Waals surface area contributed by atoms with Crippen molar-refractivity contribution in [1.29, 1.82) is 0 Å². The fourth-order valence-corrected chi connectivity index (χ4v) is 3.97. The predicted molar refractivity (Wildman–Crippen MR) is 130 cm³/mol. The number of nitrogens with two attached hydrogens (primary N) is 1. The van der Waals surface area contributed by atoms with Crippen LogP contribution in [-0.4, -0.2) is 17.6 Å². The Kier molecular flexibility index (Phi) is 8.14. The van der Waals surface area contributed by atoms with E-state index in [2.05, 4.69) is 5.32 Å². The number of carbonyl (C=O) groups excluding carboxylic acids is 1. The summed E-state index contributed by atoms with van der Waals surface area (Å²) < 4.78 is 5.54. The maximum Gasteiger partial charge on any atom is 0.307 e. The van der Waals surface area contributed by atoms with Gasteiger partial charge in [0.25, 0.3) is 0 Å². The Labute approximate surface area is 194 Å². The van der Waals surface area contributed by atoms with Crippen LogP contribution in [0.25, 0.3) is 0 Å². The highest BCUT2D eigenvalue weighted by Crippen LogP contribution is 2.39. The number of nitrogen functional groups attached to an aromatic ring is 1. The molecule has 0 saturated carbocycles. The van der Waals surface area contributed by atoms with Gasteiger partial charge in [0.2, 0.25) is 0 Å². The van der Waals surface area contributed by atoms with Gasteiger partial charge in [0.05, 0.1) is 29.4 Å². The van der Waals surface area contributed by atoms with Crippen LogP contribution in [0, 0.1) is 6.92 Å². The third-order valence-corrected chi connectivity index (χ3v) is 5.93. The smallest absolute Gasteiger partial charge is 0.307 e. The van der Waals surface area contributed by atoms with Crippen LogP contribution in [0.1, 0.15) is 47.1 Å². The molecule has 3 aromatic rings. The first kappa shape index (κ1) is 23.6. The molecule has 0 fully saturated rings. The van der Waals surface area contributed by atoms with Crippen molar-refractivity contribution in [2.75, 3.05) is 17.6 Å². The predicted octanol–water partition coefficient (Wildman–Crippen LogP) is 5.42.